The van der Waals surface area contributed by atoms with Crippen LogP contribution in [-0.4, -0.2) is 50.3 Å². The van der Waals surface area contributed by atoms with Gasteiger partial charge in [0.2, 0.25) is 0 Å². The minimum Gasteiger partial charge on any atom is -0.395 e. The van der Waals surface area contributed by atoms with Gasteiger partial charge >= 0.3 is 0 Å². The second kappa shape index (κ2) is 5.51. The molecule has 0 atom stereocenters. The third kappa shape index (κ3) is 5.52. The van der Waals surface area contributed by atoms with Gasteiger partial charge in [-0.15, -0.1) is 0 Å². The number of nitrogens with one attached hydrogen (secondary N) is 1. The Morgan fingerprint density at radius 2 is 2.00 bits per heavy atom. The first kappa shape index (κ1) is 11.9. The van der Waals surface area contributed by atoms with Gasteiger partial charge in [0.15, 0.2) is 0 Å². The summed E-state index contributed by atoms with van der Waals surface area (Å²) in [6.07, 6.45) is 0. The highest BCUT2D eigenvalue weighted by molar-refractivity contribution is 4.73. The van der Waals surface area contributed by atoms with E-state index in [-0.39, 0.29) is 12.0 Å². The number of aliphatic hydroxyl groups is 1. The molecule has 2 N–H and O–H groups in total. The minimum atomic E-state index is 0.242. The van der Waals surface area contributed by atoms with Crippen LogP contribution in [0.25, 0.3) is 0 Å². The zero-order valence-electron chi connectivity index (χ0n) is 8.72. The first-order chi connectivity index (χ1) is 5.52. The first-order valence-electron chi connectivity index (χ1n) is 4.46. The number of hydrogen-bond donors (Lipinski definition) is 2. The molecule has 0 amide bonds. The number of hydrogen-bond acceptors (Lipinski definition) is 3. The van der Waals surface area contributed by atoms with Gasteiger partial charge in [0.1, 0.15) is 0 Å². The monoisotopic (exact) mass is 174 g/mol. The van der Waals surface area contributed by atoms with Gasteiger partial charge in [0, 0.05) is 19.6 Å². The van der Waals surface area contributed by atoms with Crippen LogP contribution in [0.4, 0.5) is 0 Å². The highest BCUT2D eigenvalue weighted by Gasteiger charge is 2.18. The smallest absolute Gasteiger partial charge is 0.0558 e. The maximum Gasteiger partial charge on any atom is 0.0558 e. The van der Waals surface area contributed by atoms with Gasteiger partial charge in [-0.25, -0.2) is 0 Å². The van der Waals surface area contributed by atoms with E-state index in [0.29, 0.717) is 0 Å². The number of nitrogens with zero attached hydrogens (tertiary/aromatic N) is 1. The highest BCUT2D eigenvalue weighted by atomic mass is 16.3. The number of likely N-dealkylation sites (N-methyl/N-ethyl adjacent to an activating group) is 1. The molecule has 0 heterocycles. The van der Waals surface area contributed by atoms with Crippen LogP contribution in [0.3, 0.4) is 0 Å². The maximum absolute atomic E-state index is 8.71. The molecule has 0 aliphatic rings. The molecule has 0 radical (unpaired) electrons. The zero-order valence-corrected chi connectivity index (χ0v) is 8.72. The van der Waals surface area contributed by atoms with E-state index in [4.69, 9.17) is 5.11 Å². The second-order valence-corrected chi connectivity index (χ2v) is 4.16. The van der Waals surface area contributed by atoms with E-state index < -0.39 is 0 Å². The van der Waals surface area contributed by atoms with Crippen molar-refractivity contribution in [2.24, 2.45) is 5.41 Å². The Morgan fingerprint density at radius 1 is 1.42 bits per heavy atom. The Bertz CT molecular complexity index is 115. The SMILES string of the molecule is CNCC(C)(C)CN(C)CCO. The van der Waals surface area contributed by atoms with Crippen LogP contribution in [0.5, 0.6) is 0 Å². The summed E-state index contributed by atoms with van der Waals surface area (Å²) in [7, 11) is 4.00. The van der Waals surface area contributed by atoms with Gasteiger partial charge in [-0.3, -0.25) is 0 Å². The number of rotatable bonds is 6. The van der Waals surface area contributed by atoms with E-state index in [1.54, 1.807) is 0 Å². The van der Waals surface area contributed by atoms with Crippen molar-refractivity contribution in [2.45, 2.75) is 13.8 Å². The van der Waals surface area contributed by atoms with E-state index in [1.807, 2.05) is 14.1 Å². The summed E-state index contributed by atoms with van der Waals surface area (Å²) in [5, 5.41) is 11.9. The van der Waals surface area contributed by atoms with Gasteiger partial charge in [-0.05, 0) is 19.5 Å². The topological polar surface area (TPSA) is 35.5 Å². The van der Waals surface area contributed by atoms with Crippen molar-refractivity contribution >= 4 is 0 Å². The van der Waals surface area contributed by atoms with Crippen LogP contribution in [-0.2, 0) is 0 Å². The van der Waals surface area contributed by atoms with E-state index >= 15 is 0 Å². The predicted molar refractivity (Wildman–Crippen MR) is 52.3 cm³/mol. The van der Waals surface area contributed by atoms with E-state index in [9.17, 15) is 0 Å². The first-order valence-corrected chi connectivity index (χ1v) is 4.46. The van der Waals surface area contributed by atoms with Crippen LogP contribution in [0.1, 0.15) is 13.8 Å². The largest absolute Gasteiger partial charge is 0.395 e. The Hall–Kier alpha value is -0.120. The van der Waals surface area contributed by atoms with Crippen LogP contribution in [0.2, 0.25) is 0 Å². The summed E-state index contributed by atoms with van der Waals surface area (Å²) in [5.74, 6) is 0. The molecule has 0 saturated carbocycles. The summed E-state index contributed by atoms with van der Waals surface area (Å²) < 4.78 is 0. The molecule has 0 saturated heterocycles. The van der Waals surface area contributed by atoms with Gasteiger partial charge in [0.25, 0.3) is 0 Å². The lowest BCUT2D eigenvalue weighted by Gasteiger charge is -2.29. The van der Waals surface area contributed by atoms with Gasteiger partial charge < -0.3 is 15.3 Å². The van der Waals surface area contributed by atoms with E-state index in [1.165, 1.54) is 0 Å². The molecule has 3 nitrogen and oxygen atoms in total. The lowest BCUT2D eigenvalue weighted by molar-refractivity contribution is 0.168. The van der Waals surface area contributed by atoms with Gasteiger partial charge in [-0.1, -0.05) is 13.8 Å². The summed E-state index contributed by atoms with van der Waals surface area (Å²) >= 11 is 0. The van der Waals surface area contributed by atoms with Crippen molar-refractivity contribution in [1.29, 1.82) is 0 Å². The molecule has 0 fully saturated rings. The normalized spacial score (nSPS) is 12.5. The Kier molecular flexibility index (Phi) is 5.46. The molecule has 0 rings (SSSR count). The molecule has 74 valence electrons. The third-order valence-corrected chi connectivity index (χ3v) is 1.83. The fourth-order valence-electron chi connectivity index (χ4n) is 1.51. The van der Waals surface area contributed by atoms with E-state index in [0.717, 1.165) is 19.6 Å². The molecule has 0 aromatic carbocycles. The molecule has 3 heteroatoms. The molecule has 12 heavy (non-hydrogen) atoms. The van der Waals surface area contributed by atoms with Crippen molar-refractivity contribution in [1.82, 2.24) is 10.2 Å². The standard InChI is InChI=1S/C9H22N2O/c1-9(2,7-10-3)8-11(4)5-6-12/h10,12H,5-8H2,1-4H3. The molecule has 0 unspecified atom stereocenters. The average molecular weight is 174 g/mol. The number of aliphatic hydroxyl groups excluding tert-OH is 1. The van der Waals surface area contributed by atoms with E-state index in [2.05, 4.69) is 24.1 Å². The predicted octanol–water partition coefficient (Wildman–Crippen LogP) is 0.156. The molecule has 0 aliphatic heterocycles. The average Bonchev–Trinajstić information content (AvgIpc) is 1.85. The molecular formula is C9H22N2O. The third-order valence-electron chi connectivity index (χ3n) is 1.83. The van der Waals surface area contributed by atoms with Crippen LogP contribution >= 0.6 is 0 Å². The summed E-state index contributed by atoms with van der Waals surface area (Å²) in [5.41, 5.74) is 0.276. The molecular weight excluding hydrogens is 152 g/mol. The highest BCUT2D eigenvalue weighted by Crippen LogP contribution is 2.14. The molecule has 0 aromatic heterocycles. The summed E-state index contributed by atoms with van der Waals surface area (Å²) in [4.78, 5) is 2.15. The second-order valence-electron chi connectivity index (χ2n) is 4.16. The van der Waals surface area contributed by atoms with Crippen LogP contribution in [0, 0.1) is 5.41 Å². The minimum absolute atomic E-state index is 0.242. The Morgan fingerprint density at radius 3 is 2.42 bits per heavy atom. The summed E-state index contributed by atoms with van der Waals surface area (Å²) in [6, 6.07) is 0. The Balaban J connectivity index is 3.70. The van der Waals surface area contributed by atoms with Gasteiger partial charge in [0.05, 0.1) is 6.61 Å². The molecule has 0 bridgehead atoms. The molecule has 0 aromatic rings. The van der Waals surface area contributed by atoms with Crippen molar-refractivity contribution < 1.29 is 5.11 Å². The lowest BCUT2D eigenvalue weighted by Crippen LogP contribution is -2.38. The van der Waals surface area contributed by atoms with Crippen molar-refractivity contribution in [3.05, 3.63) is 0 Å². The van der Waals surface area contributed by atoms with Gasteiger partial charge in [-0.2, -0.15) is 0 Å². The van der Waals surface area contributed by atoms with Crippen molar-refractivity contribution in [2.75, 3.05) is 40.3 Å². The maximum atomic E-state index is 8.71. The van der Waals surface area contributed by atoms with Crippen molar-refractivity contribution in [3.63, 3.8) is 0 Å². The molecule has 0 aliphatic carbocycles. The zero-order chi connectivity index (χ0) is 9.61. The van der Waals surface area contributed by atoms with Crippen LogP contribution < -0.4 is 5.32 Å². The van der Waals surface area contributed by atoms with Crippen molar-refractivity contribution in [3.8, 4) is 0 Å². The fourth-order valence-corrected chi connectivity index (χ4v) is 1.51. The molecule has 0 spiro atoms. The lowest BCUT2D eigenvalue weighted by atomic mass is 9.93. The summed E-state index contributed by atoms with van der Waals surface area (Å²) in [6.45, 7) is 7.45. The quantitative estimate of drug-likeness (QED) is 0.602. The Labute approximate surface area is 75.8 Å². The van der Waals surface area contributed by atoms with Crippen LogP contribution in [0.15, 0.2) is 0 Å². The fraction of sp³-hybridized carbons (Fsp3) is 1.00.